The highest BCUT2D eigenvalue weighted by Gasteiger charge is 2.15. The van der Waals surface area contributed by atoms with Crippen LogP contribution < -0.4 is 25.6 Å². The van der Waals surface area contributed by atoms with Crippen molar-refractivity contribution in [1.82, 2.24) is 15.3 Å². The molecular weight excluding hydrogens is 380 g/mol. The van der Waals surface area contributed by atoms with Crippen LogP contribution in [0.1, 0.15) is 18.5 Å². The van der Waals surface area contributed by atoms with Gasteiger partial charge in [-0.3, -0.25) is 0 Å². The molecule has 0 saturated carbocycles. The fourth-order valence-corrected chi connectivity index (χ4v) is 3.27. The highest BCUT2D eigenvalue weighted by molar-refractivity contribution is 6.32. The Morgan fingerprint density at radius 2 is 2.00 bits per heavy atom. The number of hydrogen-bond donors (Lipinski definition) is 3. The van der Waals surface area contributed by atoms with Crippen LogP contribution in [0.4, 0.5) is 22.2 Å². The molecule has 1 saturated heterocycles. The van der Waals surface area contributed by atoms with Gasteiger partial charge in [0, 0.05) is 43.6 Å². The molecule has 2 heterocycles. The second-order valence-electron chi connectivity index (χ2n) is 6.54. The van der Waals surface area contributed by atoms with Crippen LogP contribution in [0, 0.1) is 6.92 Å². The molecule has 0 aliphatic carbocycles. The number of carbonyl (C=O) groups excluding carboxylic acids is 1. The normalized spacial score (nSPS) is 13.3. The minimum absolute atomic E-state index is 0.314. The van der Waals surface area contributed by atoms with Crippen LogP contribution in [0.25, 0.3) is 0 Å². The van der Waals surface area contributed by atoms with Crippen LogP contribution in [0.3, 0.4) is 0 Å². The summed E-state index contributed by atoms with van der Waals surface area (Å²) in [5, 5.41) is 9.11. The first-order chi connectivity index (χ1) is 13.5. The molecule has 8 nitrogen and oxygen atoms in total. The minimum atomic E-state index is -0.314. The molecule has 150 valence electrons. The van der Waals surface area contributed by atoms with Crippen LogP contribution in [0.2, 0.25) is 5.02 Å². The summed E-state index contributed by atoms with van der Waals surface area (Å²) < 4.78 is 5.09. The van der Waals surface area contributed by atoms with E-state index in [9.17, 15) is 4.79 Å². The summed E-state index contributed by atoms with van der Waals surface area (Å²) in [5.74, 6) is 2.09. The number of nitrogens with one attached hydrogen (secondary N) is 3. The number of halogens is 1. The first-order valence-electron chi connectivity index (χ1n) is 9.28. The van der Waals surface area contributed by atoms with Crippen molar-refractivity contribution in [1.29, 1.82) is 0 Å². The number of hydrogen-bond acceptors (Lipinski definition) is 6. The highest BCUT2D eigenvalue weighted by Crippen LogP contribution is 2.27. The van der Waals surface area contributed by atoms with Crippen LogP contribution in [0.5, 0.6) is 5.75 Å². The lowest BCUT2D eigenvalue weighted by Gasteiger charge is -2.17. The van der Waals surface area contributed by atoms with E-state index in [1.54, 1.807) is 25.3 Å². The molecule has 3 rings (SSSR count). The number of nitrogens with zero attached hydrogens (tertiary/aromatic N) is 3. The Morgan fingerprint density at radius 3 is 2.71 bits per heavy atom. The Kier molecular flexibility index (Phi) is 6.76. The van der Waals surface area contributed by atoms with Gasteiger partial charge in [-0.25, -0.2) is 9.78 Å². The summed E-state index contributed by atoms with van der Waals surface area (Å²) in [6, 6.07) is 6.75. The molecule has 0 unspecified atom stereocenters. The number of aryl methyl sites for hydroxylation is 1. The molecule has 2 aromatic rings. The molecule has 1 fully saturated rings. The number of benzene rings is 1. The van der Waals surface area contributed by atoms with Crippen molar-refractivity contribution in [2.75, 3.05) is 48.8 Å². The van der Waals surface area contributed by atoms with Crippen molar-refractivity contribution in [3.8, 4) is 5.75 Å². The van der Waals surface area contributed by atoms with E-state index in [4.69, 9.17) is 16.3 Å². The van der Waals surface area contributed by atoms with Crippen LogP contribution in [-0.2, 0) is 0 Å². The molecule has 3 N–H and O–H groups in total. The number of anilines is 3. The maximum Gasteiger partial charge on any atom is 0.319 e. The van der Waals surface area contributed by atoms with Gasteiger partial charge in [0.05, 0.1) is 12.1 Å². The average Bonchev–Trinajstić information content (AvgIpc) is 3.20. The largest absolute Gasteiger partial charge is 0.495 e. The number of methoxy groups -OCH3 is 1. The third-order valence-corrected chi connectivity index (χ3v) is 4.67. The SMILES string of the molecule is COc1ccc(NC(=O)NCCNc2nc(C)cc(N3CCCC3)n2)cc1Cl. The molecule has 1 aromatic carbocycles. The van der Waals surface area contributed by atoms with Gasteiger partial charge in [-0.1, -0.05) is 11.6 Å². The highest BCUT2D eigenvalue weighted by atomic mass is 35.5. The lowest BCUT2D eigenvalue weighted by Crippen LogP contribution is -2.33. The van der Waals surface area contributed by atoms with E-state index in [1.807, 2.05) is 13.0 Å². The van der Waals surface area contributed by atoms with E-state index in [0.29, 0.717) is 35.5 Å². The molecule has 9 heteroatoms. The summed E-state index contributed by atoms with van der Waals surface area (Å²) in [4.78, 5) is 23.3. The van der Waals surface area contributed by atoms with Crippen LogP contribution in [-0.4, -0.2) is 49.3 Å². The summed E-state index contributed by atoms with van der Waals surface area (Å²) in [7, 11) is 1.54. The lowest BCUT2D eigenvalue weighted by atomic mass is 10.3. The van der Waals surface area contributed by atoms with E-state index in [1.165, 1.54) is 12.8 Å². The van der Waals surface area contributed by atoms with Crippen molar-refractivity contribution >= 4 is 35.1 Å². The molecule has 1 aliphatic rings. The Bertz CT molecular complexity index is 826. The van der Waals surface area contributed by atoms with Crippen LogP contribution >= 0.6 is 11.6 Å². The van der Waals surface area contributed by atoms with Gasteiger partial charge in [-0.15, -0.1) is 0 Å². The first-order valence-corrected chi connectivity index (χ1v) is 9.66. The molecule has 1 aromatic heterocycles. The average molecular weight is 405 g/mol. The maximum absolute atomic E-state index is 12.0. The third kappa shape index (κ3) is 5.39. The van der Waals surface area contributed by atoms with E-state index < -0.39 is 0 Å². The summed E-state index contributed by atoms with van der Waals surface area (Å²) >= 11 is 6.06. The standard InChI is InChI=1S/C19H25ClN6O2/c1-13-11-17(26-9-3-4-10-26)25-18(23-13)21-7-8-22-19(27)24-14-5-6-16(28-2)15(20)12-14/h5-6,11-12H,3-4,7-10H2,1-2H3,(H,21,23,25)(H2,22,24,27). The minimum Gasteiger partial charge on any atom is -0.495 e. The number of carbonyl (C=O) groups is 1. The van der Waals surface area contributed by atoms with Crippen LogP contribution in [0.15, 0.2) is 24.3 Å². The molecule has 2 amide bonds. The topological polar surface area (TPSA) is 91.4 Å². The monoisotopic (exact) mass is 404 g/mol. The predicted octanol–water partition coefficient (Wildman–Crippen LogP) is 3.28. The number of urea groups is 1. The van der Waals surface area contributed by atoms with Gasteiger partial charge in [-0.05, 0) is 38.0 Å². The summed E-state index contributed by atoms with van der Waals surface area (Å²) in [6.07, 6.45) is 2.40. The van der Waals surface area contributed by atoms with Gasteiger partial charge < -0.3 is 25.6 Å². The second kappa shape index (κ2) is 9.45. The molecule has 0 spiro atoms. The van der Waals surface area contributed by atoms with Gasteiger partial charge in [-0.2, -0.15) is 4.98 Å². The Balaban J connectivity index is 1.45. The van der Waals surface area contributed by atoms with Crippen molar-refractivity contribution in [2.45, 2.75) is 19.8 Å². The molecule has 0 atom stereocenters. The molecule has 0 radical (unpaired) electrons. The fourth-order valence-electron chi connectivity index (χ4n) is 3.01. The zero-order chi connectivity index (χ0) is 19.9. The van der Waals surface area contributed by atoms with Crippen molar-refractivity contribution in [3.63, 3.8) is 0 Å². The molecular formula is C19H25ClN6O2. The number of rotatable bonds is 7. The number of amides is 2. The number of aromatic nitrogens is 2. The van der Waals surface area contributed by atoms with Crippen molar-refractivity contribution in [3.05, 3.63) is 35.0 Å². The van der Waals surface area contributed by atoms with Gasteiger partial charge in [0.1, 0.15) is 11.6 Å². The summed E-state index contributed by atoms with van der Waals surface area (Å²) in [5.41, 5.74) is 1.51. The smallest absolute Gasteiger partial charge is 0.319 e. The van der Waals surface area contributed by atoms with Crippen molar-refractivity contribution in [2.24, 2.45) is 0 Å². The number of ether oxygens (including phenoxy) is 1. The van der Waals surface area contributed by atoms with Gasteiger partial charge in [0.2, 0.25) is 5.95 Å². The van der Waals surface area contributed by atoms with E-state index >= 15 is 0 Å². The van der Waals surface area contributed by atoms with E-state index in [2.05, 4.69) is 30.8 Å². The van der Waals surface area contributed by atoms with Gasteiger partial charge in [0.25, 0.3) is 0 Å². The zero-order valence-corrected chi connectivity index (χ0v) is 16.8. The lowest BCUT2D eigenvalue weighted by molar-refractivity contribution is 0.252. The zero-order valence-electron chi connectivity index (χ0n) is 16.1. The molecule has 28 heavy (non-hydrogen) atoms. The fraction of sp³-hybridized carbons (Fsp3) is 0.421. The predicted molar refractivity (Wildman–Crippen MR) is 112 cm³/mol. The van der Waals surface area contributed by atoms with Gasteiger partial charge >= 0.3 is 6.03 Å². The third-order valence-electron chi connectivity index (χ3n) is 4.37. The molecule has 1 aliphatic heterocycles. The van der Waals surface area contributed by atoms with E-state index in [-0.39, 0.29) is 6.03 Å². The Morgan fingerprint density at radius 1 is 1.21 bits per heavy atom. The first kappa shape index (κ1) is 20.0. The van der Waals surface area contributed by atoms with Crippen molar-refractivity contribution < 1.29 is 9.53 Å². The van der Waals surface area contributed by atoms with E-state index in [0.717, 1.165) is 24.6 Å². The Labute approximate surface area is 169 Å². The maximum atomic E-state index is 12.0. The quantitative estimate of drug-likeness (QED) is 0.613. The Hall–Kier alpha value is -2.74. The second-order valence-corrected chi connectivity index (χ2v) is 6.95. The summed E-state index contributed by atoms with van der Waals surface area (Å²) in [6.45, 7) is 4.96. The molecule has 0 bridgehead atoms. The van der Waals surface area contributed by atoms with Gasteiger partial charge in [0.15, 0.2) is 0 Å².